The van der Waals surface area contributed by atoms with Gasteiger partial charge in [0, 0.05) is 6.42 Å². The van der Waals surface area contributed by atoms with E-state index in [1.165, 1.54) is 25.7 Å². The molecule has 25 heavy (non-hydrogen) atoms. The number of carbonyl (C=O) groups excluding carboxylic acids is 1. The summed E-state index contributed by atoms with van der Waals surface area (Å²) in [4.78, 5) is 11.5. The van der Waals surface area contributed by atoms with Gasteiger partial charge in [-0.2, -0.15) is 8.42 Å². The fourth-order valence-electron chi connectivity index (χ4n) is 2.56. The van der Waals surface area contributed by atoms with E-state index in [4.69, 9.17) is 0 Å². The molecule has 6 heteroatoms. The van der Waals surface area contributed by atoms with Crippen molar-refractivity contribution in [1.82, 2.24) is 0 Å². The number of unbranched alkanes of at least 4 members (excludes halogenated alkanes) is 8. The van der Waals surface area contributed by atoms with Gasteiger partial charge in [-0.05, 0) is 38.5 Å². The third-order valence-corrected chi connectivity index (χ3v) is 4.87. The molecule has 1 aliphatic heterocycles. The SMILES string of the molecule is CCCCC/C=C\C/C=C\CCCCCCCC(=O)C1OS(=O)(=O)O1. The molecule has 0 aromatic rings. The molecule has 0 amide bonds. The van der Waals surface area contributed by atoms with Crippen LogP contribution >= 0.6 is 0 Å². The fraction of sp³-hybridized carbons (Fsp3) is 0.737. The van der Waals surface area contributed by atoms with Crippen LogP contribution in [0.2, 0.25) is 0 Å². The van der Waals surface area contributed by atoms with E-state index in [9.17, 15) is 13.2 Å². The molecule has 0 aromatic carbocycles. The molecule has 0 N–H and O–H groups in total. The predicted molar refractivity (Wildman–Crippen MR) is 99.2 cm³/mol. The van der Waals surface area contributed by atoms with Gasteiger partial charge in [-0.25, -0.2) is 8.37 Å². The lowest BCUT2D eigenvalue weighted by Crippen LogP contribution is -2.42. The Kier molecular flexibility index (Phi) is 11.7. The van der Waals surface area contributed by atoms with E-state index >= 15 is 0 Å². The van der Waals surface area contributed by atoms with E-state index in [1.54, 1.807) is 0 Å². The summed E-state index contributed by atoms with van der Waals surface area (Å²) in [6.07, 6.45) is 20.4. The smallest absolute Gasteiger partial charge is 0.294 e. The van der Waals surface area contributed by atoms with Gasteiger partial charge in [0.25, 0.3) is 6.29 Å². The Labute approximate surface area is 152 Å². The molecule has 0 aromatic heterocycles. The molecule has 144 valence electrons. The Bertz CT molecular complexity index is 510. The van der Waals surface area contributed by atoms with Crippen LogP contribution < -0.4 is 0 Å². The molecule has 0 aliphatic carbocycles. The number of rotatable bonds is 15. The maximum atomic E-state index is 11.5. The zero-order chi connectivity index (χ0) is 18.4. The molecular weight excluding hydrogens is 340 g/mol. The van der Waals surface area contributed by atoms with Gasteiger partial charge in [-0.1, -0.05) is 63.3 Å². The molecule has 0 unspecified atom stereocenters. The van der Waals surface area contributed by atoms with Gasteiger partial charge in [0.05, 0.1) is 0 Å². The number of hydrogen-bond donors (Lipinski definition) is 0. The lowest BCUT2D eigenvalue weighted by atomic mass is 10.1. The third kappa shape index (κ3) is 11.3. The first-order chi connectivity index (χ1) is 12.0. The van der Waals surface area contributed by atoms with Gasteiger partial charge in [0.15, 0.2) is 5.78 Å². The number of allylic oxidation sites excluding steroid dienone is 4. The summed E-state index contributed by atoms with van der Waals surface area (Å²) in [5, 5.41) is 0. The van der Waals surface area contributed by atoms with Crippen LogP contribution in [0.25, 0.3) is 0 Å². The topological polar surface area (TPSA) is 69.7 Å². The molecule has 0 atom stereocenters. The van der Waals surface area contributed by atoms with Crippen molar-refractivity contribution in [2.24, 2.45) is 0 Å². The Hall–Kier alpha value is -0.980. The molecular formula is C19H32O5S. The van der Waals surface area contributed by atoms with E-state index in [0.29, 0.717) is 6.42 Å². The Balaban J connectivity index is 1.84. The van der Waals surface area contributed by atoms with Crippen molar-refractivity contribution in [2.45, 2.75) is 90.3 Å². The van der Waals surface area contributed by atoms with Crippen LogP contribution in [-0.4, -0.2) is 20.5 Å². The minimum absolute atomic E-state index is 0.291. The fourth-order valence-corrected chi connectivity index (χ4v) is 3.21. The highest BCUT2D eigenvalue weighted by Crippen LogP contribution is 2.21. The second-order valence-electron chi connectivity index (χ2n) is 6.38. The molecule has 0 radical (unpaired) electrons. The van der Waals surface area contributed by atoms with Crippen LogP contribution in [-0.2, 0) is 23.6 Å². The highest BCUT2D eigenvalue weighted by molar-refractivity contribution is 7.82. The zero-order valence-electron chi connectivity index (χ0n) is 15.3. The van der Waals surface area contributed by atoms with E-state index in [1.807, 2.05) is 0 Å². The van der Waals surface area contributed by atoms with Crippen molar-refractivity contribution in [3.05, 3.63) is 24.3 Å². The van der Waals surface area contributed by atoms with Crippen LogP contribution in [0.1, 0.15) is 84.0 Å². The molecule has 1 rings (SSSR count). The van der Waals surface area contributed by atoms with E-state index in [0.717, 1.165) is 44.9 Å². The van der Waals surface area contributed by atoms with Gasteiger partial charge in [0.1, 0.15) is 0 Å². The molecule has 0 spiro atoms. The Morgan fingerprint density at radius 2 is 1.40 bits per heavy atom. The van der Waals surface area contributed by atoms with Crippen molar-refractivity contribution >= 4 is 16.2 Å². The second-order valence-corrected chi connectivity index (χ2v) is 7.58. The summed E-state index contributed by atoms with van der Waals surface area (Å²) in [5.74, 6) is -0.291. The summed E-state index contributed by atoms with van der Waals surface area (Å²) in [5.41, 5.74) is 0. The molecule has 1 heterocycles. The van der Waals surface area contributed by atoms with Gasteiger partial charge in [0.2, 0.25) is 0 Å². The third-order valence-electron chi connectivity index (χ3n) is 4.05. The quantitative estimate of drug-likeness (QED) is 0.299. The summed E-state index contributed by atoms with van der Waals surface area (Å²) in [6.45, 7) is 2.22. The summed E-state index contributed by atoms with van der Waals surface area (Å²) < 4.78 is 29.9. The largest absolute Gasteiger partial charge is 0.405 e. The first kappa shape index (κ1) is 22.1. The number of carbonyl (C=O) groups is 1. The average Bonchev–Trinajstić information content (AvgIpc) is 2.56. The van der Waals surface area contributed by atoms with Crippen LogP contribution in [0.15, 0.2) is 24.3 Å². The molecule has 0 bridgehead atoms. The zero-order valence-corrected chi connectivity index (χ0v) is 16.1. The minimum atomic E-state index is -3.87. The van der Waals surface area contributed by atoms with E-state index in [2.05, 4.69) is 39.6 Å². The van der Waals surface area contributed by atoms with Gasteiger partial charge < -0.3 is 0 Å². The summed E-state index contributed by atoms with van der Waals surface area (Å²) in [7, 11) is -3.87. The van der Waals surface area contributed by atoms with Gasteiger partial charge in [-0.15, -0.1) is 0 Å². The van der Waals surface area contributed by atoms with E-state index < -0.39 is 16.7 Å². The Morgan fingerprint density at radius 3 is 2.00 bits per heavy atom. The van der Waals surface area contributed by atoms with Crippen molar-refractivity contribution in [3.63, 3.8) is 0 Å². The molecule has 1 aliphatic rings. The van der Waals surface area contributed by atoms with Crippen molar-refractivity contribution in [1.29, 1.82) is 0 Å². The predicted octanol–water partition coefficient (Wildman–Crippen LogP) is 4.99. The first-order valence-electron chi connectivity index (χ1n) is 9.49. The number of Topliss-reactive ketones (excluding diaryl/α,β-unsaturated/α-hetero) is 1. The first-order valence-corrected chi connectivity index (χ1v) is 10.8. The molecule has 1 fully saturated rings. The normalized spacial score (nSPS) is 17.3. The summed E-state index contributed by atoms with van der Waals surface area (Å²) in [6, 6.07) is 0. The number of ketones is 1. The lowest BCUT2D eigenvalue weighted by molar-refractivity contribution is -0.151. The van der Waals surface area contributed by atoms with Crippen LogP contribution in [0, 0.1) is 0 Å². The highest BCUT2D eigenvalue weighted by Gasteiger charge is 2.40. The van der Waals surface area contributed by atoms with E-state index in [-0.39, 0.29) is 5.78 Å². The maximum Gasteiger partial charge on any atom is 0.405 e. The molecule has 0 saturated carbocycles. The van der Waals surface area contributed by atoms with Gasteiger partial charge >= 0.3 is 10.4 Å². The average molecular weight is 373 g/mol. The standard InChI is InChI=1S/C19H32O5S/c1-2-3-4-5-6-7-8-9-10-11-12-13-14-15-16-17-18(20)19-23-25(21,22)24-19/h6-7,9-10,19H,2-5,8,11-17H2,1H3/b7-6-,10-9-. The molecule has 1 saturated heterocycles. The maximum absolute atomic E-state index is 11.5. The second kappa shape index (κ2) is 13.3. The molecule has 5 nitrogen and oxygen atoms in total. The van der Waals surface area contributed by atoms with Crippen molar-refractivity contribution in [2.75, 3.05) is 0 Å². The van der Waals surface area contributed by atoms with Crippen LogP contribution in [0.4, 0.5) is 0 Å². The minimum Gasteiger partial charge on any atom is -0.294 e. The van der Waals surface area contributed by atoms with Gasteiger partial charge in [-0.3, -0.25) is 4.79 Å². The number of hydrogen-bond acceptors (Lipinski definition) is 5. The Morgan fingerprint density at radius 1 is 0.840 bits per heavy atom. The highest BCUT2D eigenvalue weighted by atomic mass is 32.3. The monoisotopic (exact) mass is 372 g/mol. The van der Waals surface area contributed by atoms with Crippen LogP contribution in [0.5, 0.6) is 0 Å². The van der Waals surface area contributed by atoms with Crippen molar-refractivity contribution in [3.8, 4) is 0 Å². The lowest BCUT2D eigenvalue weighted by Gasteiger charge is -2.23. The van der Waals surface area contributed by atoms with Crippen LogP contribution in [0.3, 0.4) is 0 Å². The van der Waals surface area contributed by atoms with Crippen molar-refractivity contribution < 1.29 is 21.6 Å². The summed E-state index contributed by atoms with van der Waals surface area (Å²) >= 11 is 0.